The van der Waals surface area contributed by atoms with Crippen LogP contribution in [0.15, 0.2) is 18.2 Å². The number of hydrogen-bond acceptors (Lipinski definition) is 6. The molecule has 0 radical (unpaired) electrons. The minimum Gasteiger partial charge on any atom is -0.454 e. The van der Waals surface area contributed by atoms with Crippen molar-refractivity contribution < 1.29 is 23.1 Å². The van der Waals surface area contributed by atoms with Gasteiger partial charge in [-0.1, -0.05) is 6.07 Å². The molecule has 0 aliphatic carbocycles. The number of nitrogen functional groups attached to an aromatic ring is 1. The van der Waals surface area contributed by atoms with Gasteiger partial charge in [0, 0.05) is 6.54 Å². The topological polar surface area (TPSA) is 90.5 Å². The van der Waals surface area contributed by atoms with Crippen LogP contribution in [0, 0.1) is 18.6 Å². The van der Waals surface area contributed by atoms with Gasteiger partial charge in [0.15, 0.2) is 6.61 Å². The Balaban J connectivity index is 2.10. The lowest BCUT2D eigenvalue weighted by Crippen LogP contribution is -2.20. The fourth-order valence-electron chi connectivity index (χ4n) is 2.36. The first kappa shape index (κ1) is 19.5. The number of likely N-dealkylation sites (N-methyl/N-ethyl adjacent to an activating group) is 1. The maximum atomic E-state index is 13.6. The number of carbonyl (C=O) groups is 2. The summed E-state index contributed by atoms with van der Waals surface area (Å²) in [4.78, 5) is 26.1. The SMILES string of the molecule is Cc1nn(CCN(C)C)c(N)c1C(=O)OCC(=O)c1c(F)cccc1F. The molecular weight excluding hydrogens is 346 g/mol. The Morgan fingerprint density at radius 3 is 2.42 bits per heavy atom. The average Bonchev–Trinajstić information content (AvgIpc) is 2.84. The molecule has 0 unspecified atom stereocenters. The van der Waals surface area contributed by atoms with E-state index < -0.39 is 35.6 Å². The summed E-state index contributed by atoms with van der Waals surface area (Å²) in [5.41, 5.74) is 5.57. The lowest BCUT2D eigenvalue weighted by Gasteiger charge is -2.10. The predicted molar refractivity (Wildman–Crippen MR) is 90.9 cm³/mol. The maximum Gasteiger partial charge on any atom is 0.344 e. The number of nitrogens with zero attached hydrogens (tertiary/aromatic N) is 3. The van der Waals surface area contributed by atoms with E-state index >= 15 is 0 Å². The van der Waals surface area contributed by atoms with Crippen LogP contribution in [0.5, 0.6) is 0 Å². The molecule has 9 heteroatoms. The number of nitrogens with two attached hydrogens (primary N) is 1. The highest BCUT2D eigenvalue weighted by atomic mass is 19.1. The number of ketones is 1. The molecule has 140 valence electrons. The number of rotatable bonds is 7. The van der Waals surface area contributed by atoms with Crippen molar-refractivity contribution in [2.45, 2.75) is 13.5 Å². The van der Waals surface area contributed by atoms with Crippen LogP contribution < -0.4 is 5.73 Å². The Bertz CT molecular complexity index is 813. The Hall–Kier alpha value is -2.81. The van der Waals surface area contributed by atoms with Crippen molar-refractivity contribution in [3.05, 3.63) is 46.7 Å². The normalized spacial score (nSPS) is 11.0. The van der Waals surface area contributed by atoms with Crippen LogP contribution in [-0.2, 0) is 11.3 Å². The number of benzene rings is 1. The Morgan fingerprint density at radius 1 is 1.23 bits per heavy atom. The van der Waals surface area contributed by atoms with E-state index in [1.165, 1.54) is 4.68 Å². The van der Waals surface area contributed by atoms with Crippen LogP contribution in [-0.4, -0.2) is 53.7 Å². The number of hydrogen-bond donors (Lipinski definition) is 1. The minimum atomic E-state index is -1.02. The monoisotopic (exact) mass is 366 g/mol. The van der Waals surface area contributed by atoms with Crippen molar-refractivity contribution in [1.29, 1.82) is 0 Å². The fraction of sp³-hybridized carbons (Fsp3) is 0.353. The third-order valence-electron chi connectivity index (χ3n) is 3.71. The lowest BCUT2D eigenvalue weighted by molar-refractivity contribution is 0.0472. The summed E-state index contributed by atoms with van der Waals surface area (Å²) >= 11 is 0. The van der Waals surface area contributed by atoms with Crippen molar-refractivity contribution in [2.75, 3.05) is 33.0 Å². The summed E-state index contributed by atoms with van der Waals surface area (Å²) in [6.45, 7) is 1.90. The molecular formula is C17H20F2N4O3. The summed E-state index contributed by atoms with van der Waals surface area (Å²) in [5.74, 6) is -3.78. The van der Waals surface area contributed by atoms with Gasteiger partial charge in [0.05, 0.1) is 17.8 Å². The molecule has 2 N–H and O–H groups in total. The molecule has 1 heterocycles. The number of Topliss-reactive ketones (excluding diaryl/α,β-unsaturated/α-hetero) is 1. The van der Waals surface area contributed by atoms with Gasteiger partial charge in [-0.05, 0) is 33.2 Å². The number of carbonyl (C=O) groups excluding carboxylic acids is 2. The number of aromatic nitrogens is 2. The largest absolute Gasteiger partial charge is 0.454 e. The van der Waals surface area contributed by atoms with Gasteiger partial charge in [0.2, 0.25) is 5.78 Å². The summed E-state index contributed by atoms with van der Waals surface area (Å²) in [5, 5.41) is 4.18. The highest BCUT2D eigenvalue weighted by Gasteiger charge is 2.23. The van der Waals surface area contributed by atoms with Gasteiger partial charge in [0.25, 0.3) is 0 Å². The molecule has 0 fully saturated rings. The van der Waals surface area contributed by atoms with Gasteiger partial charge < -0.3 is 15.4 Å². The van der Waals surface area contributed by atoms with Crippen LogP contribution >= 0.6 is 0 Å². The molecule has 0 amide bonds. The zero-order valence-electron chi connectivity index (χ0n) is 14.8. The first-order valence-electron chi connectivity index (χ1n) is 7.84. The quantitative estimate of drug-likeness (QED) is 0.592. The van der Waals surface area contributed by atoms with E-state index in [-0.39, 0.29) is 11.4 Å². The van der Waals surface area contributed by atoms with Crippen LogP contribution in [0.2, 0.25) is 0 Å². The van der Waals surface area contributed by atoms with E-state index in [0.29, 0.717) is 18.8 Å². The van der Waals surface area contributed by atoms with E-state index in [1.807, 2.05) is 19.0 Å². The van der Waals surface area contributed by atoms with E-state index in [2.05, 4.69) is 5.10 Å². The van der Waals surface area contributed by atoms with E-state index in [1.54, 1.807) is 6.92 Å². The van der Waals surface area contributed by atoms with Crippen molar-refractivity contribution >= 4 is 17.6 Å². The van der Waals surface area contributed by atoms with Gasteiger partial charge in [0.1, 0.15) is 23.0 Å². The fourth-order valence-corrected chi connectivity index (χ4v) is 2.36. The second-order valence-corrected chi connectivity index (χ2v) is 5.97. The molecule has 0 aliphatic heterocycles. The lowest BCUT2D eigenvalue weighted by atomic mass is 10.1. The van der Waals surface area contributed by atoms with Crippen LogP contribution in [0.25, 0.3) is 0 Å². The first-order chi connectivity index (χ1) is 12.2. The molecule has 0 saturated carbocycles. The van der Waals surface area contributed by atoms with Crippen molar-refractivity contribution in [3.8, 4) is 0 Å². The van der Waals surface area contributed by atoms with Crippen molar-refractivity contribution in [1.82, 2.24) is 14.7 Å². The average molecular weight is 366 g/mol. The highest BCUT2D eigenvalue weighted by molar-refractivity contribution is 6.01. The summed E-state index contributed by atoms with van der Waals surface area (Å²) in [6.07, 6.45) is 0. The molecule has 2 aromatic rings. The Kier molecular flexibility index (Phi) is 6.04. The Labute approximate surface area is 149 Å². The summed E-state index contributed by atoms with van der Waals surface area (Å²) in [7, 11) is 3.77. The first-order valence-corrected chi connectivity index (χ1v) is 7.84. The predicted octanol–water partition coefficient (Wildman–Crippen LogP) is 1.65. The smallest absolute Gasteiger partial charge is 0.344 e. The van der Waals surface area contributed by atoms with Gasteiger partial charge in [-0.15, -0.1) is 0 Å². The third-order valence-corrected chi connectivity index (χ3v) is 3.71. The van der Waals surface area contributed by atoms with Crippen LogP contribution in [0.4, 0.5) is 14.6 Å². The minimum absolute atomic E-state index is 0.0329. The Morgan fingerprint density at radius 2 is 1.85 bits per heavy atom. The zero-order chi connectivity index (χ0) is 19.4. The number of ether oxygens (including phenoxy) is 1. The highest BCUT2D eigenvalue weighted by Crippen LogP contribution is 2.18. The van der Waals surface area contributed by atoms with E-state index in [9.17, 15) is 18.4 Å². The van der Waals surface area contributed by atoms with E-state index in [4.69, 9.17) is 10.5 Å². The van der Waals surface area contributed by atoms with Gasteiger partial charge >= 0.3 is 5.97 Å². The van der Waals surface area contributed by atoms with Gasteiger partial charge in [-0.25, -0.2) is 18.3 Å². The molecule has 1 aromatic carbocycles. The maximum absolute atomic E-state index is 13.6. The van der Waals surface area contributed by atoms with Crippen LogP contribution in [0.3, 0.4) is 0 Å². The summed E-state index contributed by atoms with van der Waals surface area (Å²) < 4.78 is 33.5. The number of halogens is 2. The van der Waals surface area contributed by atoms with Gasteiger partial charge in [-0.3, -0.25) is 4.79 Å². The van der Waals surface area contributed by atoms with Crippen molar-refractivity contribution in [3.63, 3.8) is 0 Å². The zero-order valence-corrected chi connectivity index (χ0v) is 14.8. The van der Waals surface area contributed by atoms with Gasteiger partial charge in [-0.2, -0.15) is 5.10 Å². The molecule has 0 atom stereocenters. The molecule has 26 heavy (non-hydrogen) atoms. The molecule has 1 aromatic heterocycles. The second-order valence-electron chi connectivity index (χ2n) is 5.97. The van der Waals surface area contributed by atoms with E-state index in [0.717, 1.165) is 18.2 Å². The second kappa shape index (κ2) is 8.05. The van der Waals surface area contributed by atoms with Crippen molar-refractivity contribution in [2.24, 2.45) is 0 Å². The standard InChI is InChI=1S/C17H20F2N4O3/c1-10-14(16(20)23(21-10)8-7-22(2)3)17(25)26-9-13(24)15-11(18)5-4-6-12(15)19/h4-6H,7-9,20H2,1-3H3. The summed E-state index contributed by atoms with van der Waals surface area (Å²) in [6, 6.07) is 3.05. The molecule has 7 nitrogen and oxygen atoms in total. The molecule has 0 bridgehead atoms. The van der Waals surface area contributed by atoms with Crippen LogP contribution in [0.1, 0.15) is 26.4 Å². The number of aryl methyl sites for hydroxylation is 1. The molecule has 0 spiro atoms. The molecule has 0 aliphatic rings. The third kappa shape index (κ3) is 4.23. The molecule has 0 saturated heterocycles. The number of anilines is 1. The number of esters is 1. The molecule has 2 rings (SSSR count).